The largest absolute Gasteiger partial charge is 0.493 e. The zero-order valence-electron chi connectivity index (χ0n) is 10.4. The van der Waals surface area contributed by atoms with Gasteiger partial charge in [-0.15, -0.1) is 0 Å². The van der Waals surface area contributed by atoms with Gasteiger partial charge in [0.1, 0.15) is 5.75 Å². The highest BCUT2D eigenvalue weighted by atomic mass is 127. The van der Waals surface area contributed by atoms with Crippen LogP contribution in [0.5, 0.6) is 5.75 Å². The zero-order valence-corrected chi connectivity index (χ0v) is 15.7. The Morgan fingerprint density at radius 1 is 1.21 bits per heavy atom. The molecular weight excluding hydrogens is 483 g/mol. The van der Waals surface area contributed by atoms with Crippen molar-refractivity contribution in [2.24, 2.45) is 0 Å². The van der Waals surface area contributed by atoms with E-state index in [1.165, 1.54) is 14.7 Å². The van der Waals surface area contributed by atoms with Crippen LogP contribution in [0.25, 0.3) is 0 Å². The molecule has 2 aromatic rings. The van der Waals surface area contributed by atoms with Crippen LogP contribution in [-0.4, -0.2) is 6.61 Å². The van der Waals surface area contributed by atoms with E-state index in [2.05, 4.69) is 90.8 Å². The lowest BCUT2D eigenvalue weighted by atomic mass is 10.0. The summed E-state index contributed by atoms with van der Waals surface area (Å²) in [5.41, 5.74) is 2.48. The van der Waals surface area contributed by atoms with E-state index in [-0.39, 0.29) is 4.83 Å². The summed E-state index contributed by atoms with van der Waals surface area (Å²) in [4.78, 5) is 0.188. The van der Waals surface area contributed by atoms with Gasteiger partial charge in [-0.1, -0.05) is 40.2 Å². The first-order valence-electron chi connectivity index (χ1n) is 5.94. The SMILES string of the molecule is CCOc1ccc(C(Br)c2ccccc2I)cc1Br. The maximum atomic E-state index is 5.54. The van der Waals surface area contributed by atoms with Gasteiger partial charge in [-0.25, -0.2) is 0 Å². The third-order valence-corrected chi connectivity index (χ3v) is 5.35. The Balaban J connectivity index is 2.32. The summed E-state index contributed by atoms with van der Waals surface area (Å²) in [6, 6.07) is 14.6. The highest BCUT2D eigenvalue weighted by Crippen LogP contribution is 2.37. The van der Waals surface area contributed by atoms with Crippen molar-refractivity contribution >= 4 is 54.5 Å². The van der Waals surface area contributed by atoms with E-state index in [9.17, 15) is 0 Å². The molecular formula is C15H13Br2IO. The molecule has 0 fully saturated rings. The van der Waals surface area contributed by atoms with E-state index < -0.39 is 0 Å². The van der Waals surface area contributed by atoms with Gasteiger partial charge in [0.15, 0.2) is 0 Å². The summed E-state index contributed by atoms with van der Waals surface area (Å²) in [7, 11) is 0. The van der Waals surface area contributed by atoms with Crippen LogP contribution in [-0.2, 0) is 0 Å². The molecule has 2 aromatic carbocycles. The van der Waals surface area contributed by atoms with Crippen LogP contribution in [0.2, 0.25) is 0 Å². The number of benzene rings is 2. The van der Waals surface area contributed by atoms with Gasteiger partial charge in [0.25, 0.3) is 0 Å². The van der Waals surface area contributed by atoms with Crippen LogP contribution in [0.1, 0.15) is 22.9 Å². The Bertz CT molecular complexity index is 572. The van der Waals surface area contributed by atoms with Gasteiger partial charge in [0.05, 0.1) is 15.9 Å². The predicted octanol–water partition coefficient (Wildman–Crippen LogP) is 5.94. The summed E-state index contributed by atoms with van der Waals surface area (Å²) in [5, 5.41) is 0. The molecule has 0 bridgehead atoms. The van der Waals surface area contributed by atoms with Gasteiger partial charge in [0.2, 0.25) is 0 Å². The quantitative estimate of drug-likeness (QED) is 0.377. The first kappa shape index (κ1) is 15.3. The van der Waals surface area contributed by atoms with Gasteiger partial charge < -0.3 is 4.74 Å². The maximum Gasteiger partial charge on any atom is 0.133 e. The van der Waals surface area contributed by atoms with Crippen molar-refractivity contribution in [1.29, 1.82) is 0 Å². The molecule has 0 aliphatic heterocycles. The molecule has 0 saturated carbocycles. The van der Waals surface area contributed by atoms with Crippen molar-refractivity contribution in [2.45, 2.75) is 11.8 Å². The highest BCUT2D eigenvalue weighted by molar-refractivity contribution is 14.1. The Kier molecular flexibility index (Phi) is 5.71. The zero-order chi connectivity index (χ0) is 13.8. The molecule has 0 aromatic heterocycles. The predicted molar refractivity (Wildman–Crippen MR) is 95.2 cm³/mol. The first-order valence-corrected chi connectivity index (χ1v) is 8.73. The van der Waals surface area contributed by atoms with Gasteiger partial charge in [-0.3, -0.25) is 0 Å². The number of halogens is 3. The van der Waals surface area contributed by atoms with Crippen LogP contribution in [0.3, 0.4) is 0 Å². The second-order valence-corrected chi connectivity index (χ2v) is 6.94. The fourth-order valence-electron chi connectivity index (χ4n) is 1.81. The van der Waals surface area contributed by atoms with Crippen LogP contribution >= 0.6 is 54.5 Å². The van der Waals surface area contributed by atoms with Crippen LogP contribution in [0.4, 0.5) is 0 Å². The lowest BCUT2D eigenvalue weighted by Gasteiger charge is -2.14. The molecule has 0 spiro atoms. The average Bonchev–Trinajstić information content (AvgIpc) is 2.41. The minimum Gasteiger partial charge on any atom is -0.493 e. The molecule has 2 rings (SSSR count). The van der Waals surface area contributed by atoms with Crippen LogP contribution in [0.15, 0.2) is 46.9 Å². The molecule has 0 N–H and O–H groups in total. The summed E-state index contributed by atoms with van der Waals surface area (Å²) in [5.74, 6) is 0.883. The number of ether oxygens (including phenoxy) is 1. The molecule has 0 amide bonds. The van der Waals surface area contributed by atoms with E-state index in [1.54, 1.807) is 0 Å². The van der Waals surface area contributed by atoms with Crippen LogP contribution in [0, 0.1) is 3.57 Å². The third kappa shape index (κ3) is 3.73. The summed E-state index contributed by atoms with van der Waals surface area (Å²) in [6.45, 7) is 2.66. The standard InChI is InChI=1S/C15H13Br2IO/c1-2-19-14-8-7-10(9-12(14)16)15(17)11-5-3-4-6-13(11)18/h3-9,15H,2H2,1H3. The lowest BCUT2D eigenvalue weighted by molar-refractivity contribution is 0.338. The molecule has 100 valence electrons. The molecule has 1 atom stereocenters. The van der Waals surface area contributed by atoms with Gasteiger partial charge in [-0.2, -0.15) is 0 Å². The fourth-order valence-corrected chi connectivity index (χ4v) is 4.13. The summed E-state index contributed by atoms with van der Waals surface area (Å²) in [6.07, 6.45) is 0. The minimum absolute atomic E-state index is 0.188. The molecule has 0 aliphatic carbocycles. The summed E-state index contributed by atoms with van der Waals surface area (Å²) < 4.78 is 7.78. The molecule has 1 nitrogen and oxygen atoms in total. The van der Waals surface area contributed by atoms with Crippen molar-refractivity contribution in [3.63, 3.8) is 0 Å². The van der Waals surface area contributed by atoms with E-state index in [0.717, 1.165) is 10.2 Å². The minimum atomic E-state index is 0.188. The summed E-state index contributed by atoms with van der Waals surface area (Å²) >= 11 is 9.70. The van der Waals surface area contributed by atoms with Crippen LogP contribution < -0.4 is 4.74 Å². The van der Waals surface area contributed by atoms with E-state index >= 15 is 0 Å². The maximum absolute atomic E-state index is 5.54. The molecule has 0 aliphatic rings. The molecule has 0 radical (unpaired) electrons. The Hall–Kier alpha value is -0.0700. The van der Waals surface area contributed by atoms with Crippen molar-refractivity contribution in [3.05, 3.63) is 61.6 Å². The average molecular weight is 496 g/mol. The monoisotopic (exact) mass is 494 g/mol. The van der Waals surface area contributed by atoms with E-state index in [4.69, 9.17) is 4.74 Å². The second-order valence-electron chi connectivity index (χ2n) is 4.01. The van der Waals surface area contributed by atoms with Gasteiger partial charge in [-0.05, 0) is 74.8 Å². The van der Waals surface area contributed by atoms with Crippen molar-refractivity contribution in [1.82, 2.24) is 0 Å². The molecule has 1 unspecified atom stereocenters. The van der Waals surface area contributed by atoms with Crippen molar-refractivity contribution in [3.8, 4) is 5.75 Å². The Labute approximate surface area is 144 Å². The van der Waals surface area contributed by atoms with Gasteiger partial charge in [0, 0.05) is 3.57 Å². The Morgan fingerprint density at radius 2 is 1.95 bits per heavy atom. The number of hydrogen-bond acceptors (Lipinski definition) is 1. The molecule has 0 saturated heterocycles. The first-order chi connectivity index (χ1) is 9.13. The normalized spacial score (nSPS) is 12.2. The molecule has 0 heterocycles. The molecule has 4 heteroatoms. The lowest BCUT2D eigenvalue weighted by Crippen LogP contribution is -1.97. The van der Waals surface area contributed by atoms with Crippen molar-refractivity contribution in [2.75, 3.05) is 6.61 Å². The topological polar surface area (TPSA) is 9.23 Å². The number of hydrogen-bond donors (Lipinski definition) is 0. The highest BCUT2D eigenvalue weighted by Gasteiger charge is 2.14. The fraction of sp³-hybridized carbons (Fsp3) is 0.200. The van der Waals surface area contributed by atoms with E-state index in [0.29, 0.717) is 6.61 Å². The second kappa shape index (κ2) is 7.09. The third-order valence-electron chi connectivity index (χ3n) is 2.73. The van der Waals surface area contributed by atoms with Gasteiger partial charge >= 0.3 is 0 Å². The Morgan fingerprint density at radius 3 is 2.58 bits per heavy atom. The van der Waals surface area contributed by atoms with E-state index in [1.807, 2.05) is 13.0 Å². The number of rotatable bonds is 4. The van der Waals surface area contributed by atoms with Crippen molar-refractivity contribution < 1.29 is 4.74 Å². The number of alkyl halides is 1. The molecule has 19 heavy (non-hydrogen) atoms. The smallest absolute Gasteiger partial charge is 0.133 e.